The molecule has 0 spiro atoms. The smallest absolute Gasteiger partial charge is 0.244 e. The van der Waals surface area contributed by atoms with Gasteiger partial charge in [0.1, 0.15) is 5.75 Å². The second kappa shape index (κ2) is 8.07. The van der Waals surface area contributed by atoms with Gasteiger partial charge in [-0.05, 0) is 52.4 Å². The Balaban J connectivity index is 1.97. The first-order chi connectivity index (χ1) is 10.5. The normalized spacial score (nSPS) is 10.9. The fourth-order valence-corrected chi connectivity index (χ4v) is 3.50. The first kappa shape index (κ1) is 17.4. The van der Waals surface area contributed by atoms with E-state index < -0.39 is 0 Å². The lowest BCUT2D eigenvalue weighted by atomic mass is 10.1. The first-order valence-corrected chi connectivity index (χ1v) is 8.86. The molecule has 2 rings (SSSR count). The average Bonchev–Trinajstić information content (AvgIpc) is 2.46. The number of phenolic OH excluding ortho intramolecular Hbond substituents is 1. The van der Waals surface area contributed by atoms with Crippen LogP contribution in [0.5, 0.6) is 5.75 Å². The molecular formula is C15H11Br2IN2O2. The molecule has 4 nitrogen and oxygen atoms in total. The highest BCUT2D eigenvalue weighted by Gasteiger charge is 2.06. The summed E-state index contributed by atoms with van der Waals surface area (Å²) in [5, 5.41) is 13.8. The van der Waals surface area contributed by atoms with E-state index in [1.165, 1.54) is 6.21 Å². The van der Waals surface area contributed by atoms with Crippen molar-refractivity contribution < 1.29 is 9.90 Å². The molecule has 2 aromatic carbocycles. The lowest BCUT2D eigenvalue weighted by molar-refractivity contribution is -0.120. The lowest BCUT2D eigenvalue weighted by Gasteiger charge is -2.03. The molecule has 0 radical (unpaired) electrons. The zero-order valence-corrected chi connectivity index (χ0v) is 16.5. The summed E-state index contributed by atoms with van der Waals surface area (Å²) in [7, 11) is 0. The average molecular weight is 538 g/mol. The molecule has 2 N–H and O–H groups in total. The second-order valence-electron chi connectivity index (χ2n) is 4.42. The van der Waals surface area contributed by atoms with Gasteiger partial charge in [-0.25, -0.2) is 5.43 Å². The minimum Gasteiger partial charge on any atom is -0.506 e. The monoisotopic (exact) mass is 536 g/mol. The molecule has 114 valence electrons. The summed E-state index contributed by atoms with van der Waals surface area (Å²) in [5.74, 6) is -0.0857. The molecule has 0 bridgehead atoms. The molecule has 0 aliphatic rings. The van der Waals surface area contributed by atoms with Gasteiger partial charge < -0.3 is 5.11 Å². The van der Waals surface area contributed by atoms with Crippen LogP contribution in [0, 0.1) is 3.57 Å². The van der Waals surface area contributed by atoms with Gasteiger partial charge in [-0.3, -0.25) is 4.79 Å². The summed E-state index contributed by atoms with van der Waals surface area (Å²) in [6.07, 6.45) is 1.66. The largest absolute Gasteiger partial charge is 0.506 e. The van der Waals surface area contributed by atoms with Gasteiger partial charge in [-0.15, -0.1) is 0 Å². The van der Waals surface area contributed by atoms with E-state index in [0.717, 1.165) is 14.5 Å². The molecule has 2 aromatic rings. The molecule has 0 saturated carbocycles. The summed E-state index contributed by atoms with van der Waals surface area (Å²) in [5.41, 5.74) is 3.88. The fourth-order valence-electron chi connectivity index (χ4n) is 1.69. The molecule has 0 atom stereocenters. The zero-order chi connectivity index (χ0) is 16.1. The van der Waals surface area contributed by atoms with Gasteiger partial charge in [0.05, 0.1) is 16.2 Å². The number of carbonyl (C=O) groups is 1. The summed E-state index contributed by atoms with van der Waals surface area (Å²) >= 11 is 8.72. The van der Waals surface area contributed by atoms with E-state index in [1.54, 1.807) is 12.1 Å². The molecule has 7 heteroatoms. The maximum Gasteiger partial charge on any atom is 0.244 e. The first-order valence-electron chi connectivity index (χ1n) is 6.20. The van der Waals surface area contributed by atoms with Gasteiger partial charge >= 0.3 is 0 Å². The molecular weight excluding hydrogens is 527 g/mol. The molecule has 1 amide bonds. The number of carbonyl (C=O) groups excluding carboxylic acids is 1. The molecule has 22 heavy (non-hydrogen) atoms. The summed E-state index contributed by atoms with van der Waals surface area (Å²) < 4.78 is 2.50. The van der Waals surface area contributed by atoms with Crippen LogP contribution in [-0.2, 0) is 11.2 Å². The van der Waals surface area contributed by atoms with Crippen molar-refractivity contribution >= 4 is 66.6 Å². The van der Waals surface area contributed by atoms with E-state index in [-0.39, 0.29) is 18.1 Å². The van der Waals surface area contributed by atoms with Crippen LogP contribution in [0.2, 0.25) is 0 Å². The number of hydrogen-bond donors (Lipinski definition) is 2. The Morgan fingerprint density at radius 1 is 1.23 bits per heavy atom. The van der Waals surface area contributed by atoms with E-state index in [0.29, 0.717) is 9.13 Å². The third kappa shape index (κ3) is 5.06. The number of benzene rings is 2. The molecule has 0 aliphatic carbocycles. The molecule has 0 aliphatic heterocycles. The second-order valence-corrected chi connectivity index (χ2v) is 7.42. The summed E-state index contributed by atoms with van der Waals surface area (Å²) in [4.78, 5) is 11.8. The van der Waals surface area contributed by atoms with E-state index >= 15 is 0 Å². The molecule has 0 heterocycles. The quantitative estimate of drug-likeness (QED) is 0.349. The number of nitrogens with zero attached hydrogens (tertiary/aromatic N) is 1. The number of rotatable bonds is 4. The minimum atomic E-state index is -0.220. The van der Waals surface area contributed by atoms with Crippen LogP contribution in [-0.4, -0.2) is 17.2 Å². The molecule has 0 fully saturated rings. The van der Waals surface area contributed by atoms with Gasteiger partial charge in [-0.1, -0.05) is 44.0 Å². The van der Waals surface area contributed by atoms with Crippen LogP contribution in [0.15, 0.2) is 50.4 Å². The standard InChI is InChI=1S/C15H11Br2IN2O2/c16-11-3-1-9(2-4-11)5-14(21)20-19-8-10-6-12(17)7-13(18)15(10)22/h1-4,6-8,22H,5H2,(H,20,21). The minimum absolute atomic E-state index is 0.134. The van der Waals surface area contributed by atoms with Crippen molar-refractivity contribution in [3.8, 4) is 5.75 Å². The predicted molar refractivity (Wildman–Crippen MR) is 102 cm³/mol. The number of nitrogens with one attached hydrogen (secondary N) is 1. The topological polar surface area (TPSA) is 61.7 Å². The fraction of sp³-hybridized carbons (Fsp3) is 0.0667. The molecule has 0 saturated heterocycles. The van der Waals surface area contributed by atoms with E-state index in [4.69, 9.17) is 0 Å². The number of phenols is 1. The van der Waals surface area contributed by atoms with E-state index in [2.05, 4.69) is 42.4 Å². The van der Waals surface area contributed by atoms with Crippen molar-refractivity contribution in [3.63, 3.8) is 0 Å². The van der Waals surface area contributed by atoms with Crippen LogP contribution in [0.3, 0.4) is 0 Å². The SMILES string of the molecule is O=C(Cc1ccc(Br)cc1)NN=Cc1cc(Br)cc(I)c1O. The van der Waals surface area contributed by atoms with Crippen molar-refractivity contribution in [3.05, 3.63) is 60.0 Å². The van der Waals surface area contributed by atoms with Gasteiger partial charge in [0, 0.05) is 14.5 Å². The van der Waals surface area contributed by atoms with Crippen molar-refractivity contribution in [1.82, 2.24) is 5.43 Å². The number of amides is 1. The third-order valence-corrected chi connectivity index (χ3v) is 4.54. The van der Waals surface area contributed by atoms with Crippen LogP contribution in [0.4, 0.5) is 0 Å². The predicted octanol–water partition coefficient (Wildman–Crippen LogP) is 4.21. The summed E-state index contributed by atoms with van der Waals surface area (Å²) in [6.45, 7) is 0. The van der Waals surface area contributed by atoms with Crippen molar-refractivity contribution in [2.45, 2.75) is 6.42 Å². The van der Waals surface area contributed by atoms with Gasteiger partial charge in [0.25, 0.3) is 0 Å². The third-order valence-electron chi connectivity index (χ3n) is 2.73. The van der Waals surface area contributed by atoms with Crippen molar-refractivity contribution in [2.24, 2.45) is 5.10 Å². The Morgan fingerprint density at radius 3 is 2.59 bits per heavy atom. The van der Waals surface area contributed by atoms with Crippen LogP contribution >= 0.6 is 54.5 Å². The molecule has 0 aromatic heterocycles. The lowest BCUT2D eigenvalue weighted by Crippen LogP contribution is -2.19. The number of hydrogen-bond acceptors (Lipinski definition) is 3. The van der Waals surface area contributed by atoms with E-state index in [1.807, 2.05) is 46.9 Å². The maximum atomic E-state index is 11.8. The highest BCUT2D eigenvalue weighted by atomic mass is 127. The van der Waals surface area contributed by atoms with Gasteiger partial charge in [-0.2, -0.15) is 5.10 Å². The Morgan fingerprint density at radius 2 is 1.91 bits per heavy atom. The van der Waals surface area contributed by atoms with E-state index in [9.17, 15) is 9.90 Å². The maximum absolute atomic E-state index is 11.8. The van der Waals surface area contributed by atoms with Gasteiger partial charge in [0.15, 0.2) is 0 Å². The number of halogens is 3. The number of hydrazone groups is 1. The van der Waals surface area contributed by atoms with Crippen LogP contribution in [0.1, 0.15) is 11.1 Å². The Kier molecular flexibility index (Phi) is 6.39. The summed E-state index contributed by atoms with van der Waals surface area (Å²) in [6, 6.07) is 11.0. The highest BCUT2D eigenvalue weighted by molar-refractivity contribution is 14.1. The Labute approximate surface area is 158 Å². The van der Waals surface area contributed by atoms with Crippen LogP contribution < -0.4 is 5.43 Å². The van der Waals surface area contributed by atoms with Crippen LogP contribution in [0.25, 0.3) is 0 Å². The van der Waals surface area contributed by atoms with Crippen molar-refractivity contribution in [2.75, 3.05) is 0 Å². The number of aromatic hydroxyl groups is 1. The van der Waals surface area contributed by atoms with Crippen molar-refractivity contribution in [1.29, 1.82) is 0 Å². The zero-order valence-electron chi connectivity index (χ0n) is 11.2. The molecule has 0 unspecified atom stereocenters. The Bertz CT molecular complexity index is 718. The van der Waals surface area contributed by atoms with Gasteiger partial charge in [0.2, 0.25) is 5.91 Å². The Hall–Kier alpha value is -0.930. The highest BCUT2D eigenvalue weighted by Crippen LogP contribution is 2.27.